The topological polar surface area (TPSA) is 55.6 Å². The molecule has 0 aliphatic rings. The van der Waals surface area contributed by atoms with Gasteiger partial charge >= 0.3 is 0 Å². The van der Waals surface area contributed by atoms with Gasteiger partial charge in [0, 0.05) is 21.3 Å². The van der Waals surface area contributed by atoms with Crippen molar-refractivity contribution in [3.8, 4) is 11.4 Å². The van der Waals surface area contributed by atoms with E-state index in [1.165, 1.54) is 11.8 Å². The van der Waals surface area contributed by atoms with Gasteiger partial charge in [-0.25, -0.2) is 5.43 Å². The molecule has 0 radical (unpaired) electrons. The van der Waals surface area contributed by atoms with Crippen LogP contribution in [0.5, 0.6) is 5.75 Å². The fourth-order valence-electron chi connectivity index (χ4n) is 2.36. The summed E-state index contributed by atoms with van der Waals surface area (Å²) < 4.78 is 8.14. The number of aromatic nitrogens is 1. The molecule has 1 amide bonds. The smallest absolute Gasteiger partial charge is 0.250 e. The molecule has 0 aliphatic heterocycles. The molecule has 5 nitrogen and oxygen atoms in total. The number of benzene rings is 2. The quantitative estimate of drug-likeness (QED) is 0.332. The van der Waals surface area contributed by atoms with E-state index in [2.05, 4.69) is 26.5 Å². The highest BCUT2D eigenvalue weighted by molar-refractivity contribution is 9.10. The normalized spacial score (nSPS) is 10.9. The molecule has 1 aromatic heterocycles. The molecule has 1 heterocycles. The van der Waals surface area contributed by atoms with E-state index < -0.39 is 0 Å². The number of hydrazone groups is 1. The molecule has 2 aromatic carbocycles. The minimum atomic E-state index is -0.159. The Balaban J connectivity index is 1.53. The van der Waals surface area contributed by atoms with E-state index in [-0.39, 0.29) is 11.7 Å². The van der Waals surface area contributed by atoms with Gasteiger partial charge in [0.1, 0.15) is 5.75 Å². The molecule has 0 aliphatic carbocycles. The number of hydrogen-bond donors (Lipinski definition) is 1. The molecule has 27 heavy (non-hydrogen) atoms. The Morgan fingerprint density at radius 3 is 2.63 bits per heavy atom. The predicted octanol–water partition coefficient (Wildman–Crippen LogP) is 4.49. The third kappa shape index (κ3) is 5.48. The Morgan fingerprint density at radius 2 is 1.93 bits per heavy atom. The first-order chi connectivity index (χ1) is 13.2. The first-order valence-corrected chi connectivity index (χ1v) is 9.95. The van der Waals surface area contributed by atoms with Crippen molar-refractivity contribution in [2.24, 2.45) is 5.10 Å². The Hall–Kier alpha value is -2.51. The minimum absolute atomic E-state index is 0.159. The largest absolute Gasteiger partial charge is 0.497 e. The summed E-state index contributed by atoms with van der Waals surface area (Å²) in [4.78, 5) is 13.0. The second-order valence-corrected chi connectivity index (χ2v) is 7.50. The van der Waals surface area contributed by atoms with Gasteiger partial charge in [-0.05, 0) is 60.7 Å². The van der Waals surface area contributed by atoms with Crippen LogP contribution in [0.2, 0.25) is 0 Å². The molecule has 7 heteroatoms. The predicted molar refractivity (Wildman–Crippen MR) is 113 cm³/mol. The number of carbonyl (C=O) groups is 1. The molecule has 0 spiro atoms. The van der Waals surface area contributed by atoms with Crippen LogP contribution >= 0.6 is 27.7 Å². The van der Waals surface area contributed by atoms with Gasteiger partial charge in [-0.1, -0.05) is 15.9 Å². The number of rotatable bonds is 7. The van der Waals surface area contributed by atoms with Gasteiger partial charge in [0.15, 0.2) is 0 Å². The summed E-state index contributed by atoms with van der Waals surface area (Å²) in [6.07, 6.45) is 3.59. The van der Waals surface area contributed by atoms with Crippen LogP contribution in [0.1, 0.15) is 5.69 Å². The highest BCUT2D eigenvalue weighted by Gasteiger charge is 2.04. The molecule has 1 N–H and O–H groups in total. The number of hydrogen-bond acceptors (Lipinski definition) is 4. The average molecular weight is 444 g/mol. The van der Waals surface area contributed by atoms with Gasteiger partial charge in [0.25, 0.3) is 0 Å². The second-order valence-electron chi connectivity index (χ2n) is 5.54. The summed E-state index contributed by atoms with van der Waals surface area (Å²) in [5.41, 5.74) is 4.46. The Bertz CT molecular complexity index is 921. The first kappa shape index (κ1) is 19.3. The molecule has 3 aromatic rings. The van der Waals surface area contributed by atoms with Crippen LogP contribution in [0.3, 0.4) is 0 Å². The minimum Gasteiger partial charge on any atom is -0.497 e. The van der Waals surface area contributed by atoms with Crippen LogP contribution in [-0.4, -0.2) is 29.6 Å². The molecular weight excluding hydrogens is 426 g/mol. The number of methoxy groups -OCH3 is 1. The molecule has 0 saturated heterocycles. The van der Waals surface area contributed by atoms with Crippen molar-refractivity contribution in [3.63, 3.8) is 0 Å². The highest BCUT2D eigenvalue weighted by Crippen LogP contribution is 2.21. The van der Waals surface area contributed by atoms with Crippen molar-refractivity contribution in [2.75, 3.05) is 12.9 Å². The summed E-state index contributed by atoms with van der Waals surface area (Å²) in [6, 6.07) is 19.4. The first-order valence-electron chi connectivity index (χ1n) is 8.18. The third-order valence-corrected chi connectivity index (χ3v) is 5.24. The van der Waals surface area contributed by atoms with Gasteiger partial charge in [-0.2, -0.15) is 5.10 Å². The van der Waals surface area contributed by atoms with Crippen LogP contribution in [-0.2, 0) is 4.79 Å². The molecule has 0 bridgehead atoms. The van der Waals surface area contributed by atoms with Crippen molar-refractivity contribution in [1.82, 2.24) is 9.99 Å². The molecule has 3 rings (SSSR count). The van der Waals surface area contributed by atoms with E-state index in [0.717, 1.165) is 26.5 Å². The fraction of sp³-hybridized carbons (Fsp3) is 0.100. The lowest BCUT2D eigenvalue weighted by molar-refractivity contribution is -0.118. The molecular formula is C20H18BrN3O2S. The van der Waals surface area contributed by atoms with Gasteiger partial charge < -0.3 is 9.30 Å². The van der Waals surface area contributed by atoms with E-state index in [1.807, 2.05) is 71.4 Å². The van der Waals surface area contributed by atoms with Crippen molar-refractivity contribution >= 4 is 39.8 Å². The van der Waals surface area contributed by atoms with Gasteiger partial charge in [0.05, 0.1) is 24.8 Å². The molecule has 0 fully saturated rings. The summed E-state index contributed by atoms with van der Waals surface area (Å²) in [7, 11) is 1.63. The average Bonchev–Trinajstić information content (AvgIpc) is 3.16. The number of thioether (sulfide) groups is 1. The summed E-state index contributed by atoms with van der Waals surface area (Å²) >= 11 is 4.88. The van der Waals surface area contributed by atoms with Crippen LogP contribution in [0, 0.1) is 0 Å². The lowest BCUT2D eigenvalue weighted by Crippen LogP contribution is -2.19. The second kappa shape index (κ2) is 9.43. The summed E-state index contributed by atoms with van der Waals surface area (Å²) in [5, 5.41) is 4.07. The van der Waals surface area contributed by atoms with E-state index in [1.54, 1.807) is 13.3 Å². The van der Waals surface area contributed by atoms with Crippen molar-refractivity contribution < 1.29 is 9.53 Å². The molecule has 138 valence electrons. The highest BCUT2D eigenvalue weighted by atomic mass is 79.9. The molecule has 0 atom stereocenters. The van der Waals surface area contributed by atoms with E-state index in [0.29, 0.717) is 0 Å². The molecule has 0 saturated carbocycles. The SMILES string of the molecule is COc1ccc(SCC(=O)N/N=C\c2cccn2-c2ccc(Br)cc2)cc1. The zero-order chi connectivity index (χ0) is 19.1. The van der Waals surface area contributed by atoms with Crippen LogP contribution in [0.25, 0.3) is 5.69 Å². The number of ether oxygens (including phenoxy) is 1. The van der Waals surface area contributed by atoms with Crippen LogP contribution in [0.15, 0.2) is 81.3 Å². The number of amides is 1. The number of halogens is 1. The van der Waals surface area contributed by atoms with Crippen molar-refractivity contribution in [3.05, 3.63) is 77.0 Å². The number of nitrogens with one attached hydrogen (secondary N) is 1. The number of carbonyl (C=O) groups excluding carboxylic acids is 1. The summed E-state index contributed by atoms with van der Waals surface area (Å²) in [5.74, 6) is 0.924. The zero-order valence-electron chi connectivity index (χ0n) is 14.6. The Morgan fingerprint density at radius 1 is 1.19 bits per heavy atom. The Labute approximate surface area is 170 Å². The maximum Gasteiger partial charge on any atom is 0.250 e. The fourth-order valence-corrected chi connectivity index (χ4v) is 3.31. The lowest BCUT2D eigenvalue weighted by atomic mass is 10.3. The van der Waals surface area contributed by atoms with Gasteiger partial charge in [-0.15, -0.1) is 11.8 Å². The maximum absolute atomic E-state index is 12.0. The monoisotopic (exact) mass is 443 g/mol. The number of nitrogens with zero attached hydrogens (tertiary/aromatic N) is 2. The van der Waals surface area contributed by atoms with Crippen LogP contribution < -0.4 is 10.2 Å². The van der Waals surface area contributed by atoms with Gasteiger partial charge in [0.2, 0.25) is 5.91 Å². The van der Waals surface area contributed by atoms with Crippen molar-refractivity contribution in [2.45, 2.75) is 4.90 Å². The van der Waals surface area contributed by atoms with Crippen LogP contribution in [0.4, 0.5) is 0 Å². The van der Waals surface area contributed by atoms with E-state index >= 15 is 0 Å². The summed E-state index contributed by atoms with van der Waals surface area (Å²) in [6.45, 7) is 0. The Kier molecular flexibility index (Phi) is 6.73. The van der Waals surface area contributed by atoms with E-state index in [9.17, 15) is 4.79 Å². The maximum atomic E-state index is 12.0. The lowest BCUT2D eigenvalue weighted by Gasteiger charge is -2.06. The standard InChI is InChI=1S/C20H18BrN3O2S/c1-26-18-8-10-19(11-9-18)27-14-20(25)23-22-13-17-3-2-12-24(17)16-6-4-15(21)5-7-16/h2-13H,14H2,1H3,(H,23,25)/b22-13-. The van der Waals surface area contributed by atoms with Gasteiger partial charge in [-0.3, -0.25) is 4.79 Å². The van der Waals surface area contributed by atoms with E-state index in [4.69, 9.17) is 4.74 Å². The third-order valence-electron chi connectivity index (χ3n) is 3.70. The molecule has 0 unspecified atom stereocenters. The zero-order valence-corrected chi connectivity index (χ0v) is 17.0. The van der Waals surface area contributed by atoms with Crippen molar-refractivity contribution in [1.29, 1.82) is 0 Å².